The van der Waals surface area contributed by atoms with Gasteiger partial charge in [-0.3, -0.25) is 9.63 Å². The number of aliphatic hydroxyl groups is 1. The fourth-order valence-electron chi connectivity index (χ4n) is 5.03. The van der Waals surface area contributed by atoms with E-state index < -0.39 is 26.4 Å². The number of β-lactam (4-membered cyclic amide) rings is 1. The van der Waals surface area contributed by atoms with Crippen LogP contribution in [0.1, 0.15) is 33.3 Å². The summed E-state index contributed by atoms with van der Waals surface area (Å²) in [6.45, 7) is 9.06. The van der Waals surface area contributed by atoms with Crippen LogP contribution in [0, 0.1) is 5.92 Å². The van der Waals surface area contributed by atoms with Crippen LogP contribution in [0.15, 0.2) is 84.9 Å². The highest BCUT2D eigenvalue weighted by Gasteiger charge is 2.53. The van der Waals surface area contributed by atoms with E-state index in [1.807, 2.05) is 67.6 Å². The average Bonchev–Trinajstić information content (AvgIpc) is 2.91. The molecule has 0 radical (unpaired) electrons. The first-order valence-electron chi connectivity index (χ1n) is 12.7. The van der Waals surface area contributed by atoms with Gasteiger partial charge in [-0.25, -0.2) is 5.06 Å². The number of benzene rings is 3. The Morgan fingerprint density at radius 1 is 0.946 bits per heavy atom. The van der Waals surface area contributed by atoms with Crippen molar-refractivity contribution in [3.05, 3.63) is 90.5 Å². The smallest absolute Gasteiger partial charge is 0.261 e. The van der Waals surface area contributed by atoms with Gasteiger partial charge in [-0.2, -0.15) is 0 Å². The molecule has 1 fully saturated rings. The SMILES string of the molecule is COc1ccc(CON2C[C@@H]([C@@H](O)[C@H](C)O[Si](c3ccccc3)(c3ccccc3)C(C)(C)C)C2=O)cc1. The number of carbonyl (C=O) groups excluding carboxylic acids is 1. The van der Waals surface area contributed by atoms with E-state index in [4.69, 9.17) is 14.0 Å². The van der Waals surface area contributed by atoms with Crippen molar-refractivity contribution in [3.8, 4) is 5.75 Å². The molecule has 7 heteroatoms. The highest BCUT2D eigenvalue weighted by molar-refractivity contribution is 6.99. The first-order chi connectivity index (χ1) is 17.7. The third-order valence-corrected chi connectivity index (χ3v) is 12.3. The molecule has 0 aromatic heterocycles. The van der Waals surface area contributed by atoms with Crippen molar-refractivity contribution in [3.63, 3.8) is 0 Å². The van der Waals surface area contributed by atoms with Crippen LogP contribution in [0.25, 0.3) is 0 Å². The zero-order valence-corrected chi connectivity index (χ0v) is 23.3. The molecule has 3 aromatic rings. The fraction of sp³-hybridized carbons (Fsp3) is 0.367. The molecule has 0 bridgehead atoms. The van der Waals surface area contributed by atoms with Crippen molar-refractivity contribution in [1.82, 2.24) is 5.06 Å². The van der Waals surface area contributed by atoms with E-state index in [0.29, 0.717) is 6.54 Å². The van der Waals surface area contributed by atoms with Crippen molar-refractivity contribution in [1.29, 1.82) is 0 Å². The van der Waals surface area contributed by atoms with Gasteiger partial charge in [0.05, 0.1) is 31.8 Å². The Morgan fingerprint density at radius 2 is 1.49 bits per heavy atom. The zero-order valence-electron chi connectivity index (χ0n) is 22.3. The predicted octanol–water partition coefficient (Wildman–Crippen LogP) is 3.91. The summed E-state index contributed by atoms with van der Waals surface area (Å²) in [7, 11) is -1.22. The van der Waals surface area contributed by atoms with E-state index in [1.165, 1.54) is 5.06 Å². The van der Waals surface area contributed by atoms with Crippen LogP contribution in [0.3, 0.4) is 0 Å². The van der Waals surface area contributed by atoms with E-state index in [0.717, 1.165) is 21.7 Å². The van der Waals surface area contributed by atoms with Crippen molar-refractivity contribution >= 4 is 24.6 Å². The topological polar surface area (TPSA) is 68.2 Å². The molecule has 0 spiro atoms. The molecular weight excluding hydrogens is 482 g/mol. The van der Waals surface area contributed by atoms with Gasteiger partial charge in [0.25, 0.3) is 14.2 Å². The Morgan fingerprint density at radius 3 is 1.95 bits per heavy atom. The number of methoxy groups -OCH3 is 1. The number of carbonyl (C=O) groups is 1. The Kier molecular flexibility index (Phi) is 8.19. The van der Waals surface area contributed by atoms with Gasteiger partial charge in [0.15, 0.2) is 0 Å². The lowest BCUT2D eigenvalue weighted by molar-refractivity contribution is -0.236. The Hall–Kier alpha value is -2.97. The number of hydrogen-bond donors (Lipinski definition) is 1. The van der Waals surface area contributed by atoms with Crippen LogP contribution < -0.4 is 15.1 Å². The number of aliphatic hydroxyl groups excluding tert-OH is 1. The standard InChI is InChI=1S/C30H37NO5Si/c1-22(28(32)27-20-31(29(27)33)35-21-23-16-18-24(34-5)19-17-23)36-37(30(2,3)4,25-12-8-6-9-13-25)26-14-10-7-11-15-26/h6-19,22,27-28,32H,20-21H2,1-5H3/t22-,27-,28-/m0/s1. The number of amides is 1. The van der Waals surface area contributed by atoms with Crippen molar-refractivity contribution in [2.24, 2.45) is 5.92 Å². The number of ether oxygens (including phenoxy) is 1. The molecule has 0 aliphatic carbocycles. The normalized spacial score (nSPS) is 17.7. The maximum Gasteiger partial charge on any atom is 0.261 e. The summed E-state index contributed by atoms with van der Waals surface area (Å²) in [6.07, 6.45) is -1.50. The summed E-state index contributed by atoms with van der Waals surface area (Å²) in [4.78, 5) is 18.6. The minimum Gasteiger partial charge on any atom is -0.497 e. The molecule has 37 heavy (non-hydrogen) atoms. The monoisotopic (exact) mass is 519 g/mol. The molecule has 1 heterocycles. The second kappa shape index (κ2) is 11.2. The quantitative estimate of drug-likeness (QED) is 0.325. The average molecular weight is 520 g/mol. The predicted molar refractivity (Wildman–Crippen MR) is 147 cm³/mol. The summed E-state index contributed by atoms with van der Waals surface area (Å²) in [5, 5.41) is 14.6. The number of hydroxylamine groups is 2. The maximum atomic E-state index is 12.9. The molecule has 1 N–H and O–H groups in total. The number of nitrogens with zero attached hydrogens (tertiary/aromatic N) is 1. The third kappa shape index (κ3) is 5.50. The van der Waals surface area contributed by atoms with Gasteiger partial charge < -0.3 is 14.3 Å². The molecule has 1 saturated heterocycles. The summed E-state index contributed by atoms with van der Waals surface area (Å²) in [5.74, 6) is -0.0233. The van der Waals surface area contributed by atoms with E-state index in [2.05, 4.69) is 45.0 Å². The van der Waals surface area contributed by atoms with Crippen molar-refractivity contribution < 1.29 is 23.9 Å². The first kappa shape index (κ1) is 27.1. The molecule has 1 aliphatic rings. The van der Waals surface area contributed by atoms with Crippen LogP contribution in [0.2, 0.25) is 5.04 Å². The summed E-state index contributed by atoms with van der Waals surface area (Å²) >= 11 is 0. The summed E-state index contributed by atoms with van der Waals surface area (Å²) in [5.41, 5.74) is 0.931. The van der Waals surface area contributed by atoms with Gasteiger partial charge in [0.2, 0.25) is 0 Å². The van der Waals surface area contributed by atoms with Crippen LogP contribution in [0.4, 0.5) is 0 Å². The lowest BCUT2D eigenvalue weighted by Gasteiger charge is -2.47. The van der Waals surface area contributed by atoms with E-state index >= 15 is 0 Å². The largest absolute Gasteiger partial charge is 0.497 e. The molecule has 196 valence electrons. The van der Waals surface area contributed by atoms with Crippen molar-refractivity contribution in [2.45, 2.75) is 51.5 Å². The molecule has 1 amide bonds. The third-order valence-electron chi connectivity index (χ3n) is 7.14. The van der Waals surface area contributed by atoms with E-state index in [9.17, 15) is 9.90 Å². The second-order valence-corrected chi connectivity index (χ2v) is 14.9. The maximum absolute atomic E-state index is 12.9. The summed E-state index contributed by atoms with van der Waals surface area (Å²) < 4.78 is 12.2. The van der Waals surface area contributed by atoms with Gasteiger partial charge in [-0.1, -0.05) is 93.6 Å². The highest BCUT2D eigenvalue weighted by atomic mass is 28.4. The van der Waals surface area contributed by atoms with Gasteiger partial charge in [0, 0.05) is 0 Å². The van der Waals surface area contributed by atoms with E-state index in [1.54, 1.807) is 7.11 Å². The number of hydrogen-bond acceptors (Lipinski definition) is 5. The molecule has 6 nitrogen and oxygen atoms in total. The van der Waals surface area contributed by atoms with Crippen LogP contribution in [0.5, 0.6) is 5.75 Å². The zero-order chi connectivity index (χ0) is 26.6. The number of rotatable bonds is 10. The van der Waals surface area contributed by atoms with Gasteiger partial charge >= 0.3 is 0 Å². The molecular formula is C30H37NO5Si. The first-order valence-corrected chi connectivity index (χ1v) is 14.6. The van der Waals surface area contributed by atoms with Crippen LogP contribution in [-0.2, 0) is 20.7 Å². The molecule has 4 rings (SSSR count). The molecule has 1 aliphatic heterocycles. The Bertz CT molecular complexity index is 1120. The van der Waals surface area contributed by atoms with Crippen LogP contribution >= 0.6 is 0 Å². The lowest BCUT2D eigenvalue weighted by Crippen LogP contribution is -2.69. The minimum atomic E-state index is -2.84. The lowest BCUT2D eigenvalue weighted by atomic mass is 9.91. The highest BCUT2D eigenvalue weighted by Crippen LogP contribution is 2.38. The molecule has 0 saturated carbocycles. The Labute approximate surface area is 220 Å². The van der Waals surface area contributed by atoms with Crippen molar-refractivity contribution in [2.75, 3.05) is 13.7 Å². The fourth-order valence-corrected chi connectivity index (χ4v) is 9.74. The molecule has 3 atom stereocenters. The van der Waals surface area contributed by atoms with Gasteiger partial charge in [-0.15, -0.1) is 0 Å². The van der Waals surface area contributed by atoms with Gasteiger partial charge in [-0.05, 0) is 40.0 Å². The molecule has 0 unspecified atom stereocenters. The Balaban J connectivity index is 1.48. The van der Waals surface area contributed by atoms with Gasteiger partial charge in [0.1, 0.15) is 12.4 Å². The second-order valence-electron chi connectivity index (χ2n) is 10.6. The molecule has 3 aromatic carbocycles. The van der Waals surface area contributed by atoms with Crippen LogP contribution in [-0.4, -0.2) is 50.3 Å². The summed E-state index contributed by atoms with van der Waals surface area (Å²) in [6, 6.07) is 28.1. The minimum absolute atomic E-state index is 0.221. The van der Waals surface area contributed by atoms with E-state index in [-0.39, 0.29) is 17.6 Å².